The summed E-state index contributed by atoms with van der Waals surface area (Å²) < 4.78 is 0. The highest BCUT2D eigenvalue weighted by Crippen LogP contribution is 2.40. The van der Waals surface area contributed by atoms with Crippen molar-refractivity contribution in [3.05, 3.63) is 15.6 Å². The second-order valence-corrected chi connectivity index (χ2v) is 7.16. The van der Waals surface area contributed by atoms with E-state index in [2.05, 4.69) is 12.2 Å². The summed E-state index contributed by atoms with van der Waals surface area (Å²) in [5.74, 6) is 0.774. The highest BCUT2D eigenvalue weighted by molar-refractivity contribution is 7.12. The third kappa shape index (κ3) is 3.03. The molecule has 0 radical (unpaired) electrons. The van der Waals surface area contributed by atoms with Crippen LogP contribution in [0.1, 0.15) is 85.8 Å². The molecule has 2 aliphatic rings. The molecular formula is C16H26N2S. The number of nitrogens with one attached hydrogen (secondary N) is 1. The topological polar surface area (TPSA) is 24.9 Å². The fraction of sp³-hybridized carbons (Fsp3) is 0.812. The smallest absolute Gasteiger partial charge is 0.0962 e. The number of hydrogen-bond donors (Lipinski definition) is 1. The van der Waals surface area contributed by atoms with Crippen LogP contribution in [0.4, 0.5) is 0 Å². The van der Waals surface area contributed by atoms with Crippen LogP contribution in [0.15, 0.2) is 0 Å². The summed E-state index contributed by atoms with van der Waals surface area (Å²) in [6.45, 7) is 3.39. The zero-order valence-electron chi connectivity index (χ0n) is 12.1. The van der Waals surface area contributed by atoms with E-state index < -0.39 is 0 Å². The molecule has 0 saturated heterocycles. The summed E-state index contributed by atoms with van der Waals surface area (Å²) in [5, 5.41) is 5.17. The number of aromatic nitrogens is 1. The lowest BCUT2D eigenvalue weighted by Crippen LogP contribution is -2.24. The summed E-state index contributed by atoms with van der Waals surface area (Å²) in [4.78, 5) is 6.58. The van der Waals surface area contributed by atoms with Crippen LogP contribution in [-0.4, -0.2) is 11.5 Å². The lowest BCUT2D eigenvalue weighted by atomic mass is 9.90. The first kappa shape index (κ1) is 13.6. The van der Waals surface area contributed by atoms with E-state index in [4.69, 9.17) is 4.98 Å². The number of aryl methyl sites for hydroxylation is 1. The van der Waals surface area contributed by atoms with E-state index in [0.717, 1.165) is 12.5 Å². The molecule has 0 bridgehead atoms. The number of fused-ring (bicyclic) bond motifs is 1. The average molecular weight is 278 g/mol. The standard InChI is InChI=1S/C16H26N2S/c1-2-11-17-13-9-6-10-14-15(13)19-16(18-14)12-7-4-3-5-8-12/h12-13,17H,2-11H2,1H3. The van der Waals surface area contributed by atoms with E-state index in [-0.39, 0.29) is 0 Å². The lowest BCUT2D eigenvalue weighted by Gasteiger charge is -2.22. The van der Waals surface area contributed by atoms with Crippen molar-refractivity contribution >= 4 is 11.3 Å². The van der Waals surface area contributed by atoms with Crippen molar-refractivity contribution in [2.45, 2.75) is 76.7 Å². The number of thiazole rings is 1. The number of nitrogens with zero attached hydrogens (tertiary/aromatic N) is 1. The van der Waals surface area contributed by atoms with Gasteiger partial charge < -0.3 is 5.32 Å². The SMILES string of the molecule is CCCNC1CCCc2nc(C3CCCCC3)sc21. The summed E-state index contributed by atoms with van der Waals surface area (Å²) in [5.41, 5.74) is 1.42. The van der Waals surface area contributed by atoms with E-state index in [1.165, 1.54) is 68.5 Å². The van der Waals surface area contributed by atoms with Gasteiger partial charge in [-0.05, 0) is 45.1 Å². The van der Waals surface area contributed by atoms with Crippen LogP contribution in [0.3, 0.4) is 0 Å². The normalized spacial score (nSPS) is 24.4. The molecule has 2 nitrogen and oxygen atoms in total. The van der Waals surface area contributed by atoms with Crippen LogP contribution in [0.2, 0.25) is 0 Å². The van der Waals surface area contributed by atoms with Gasteiger partial charge in [0.1, 0.15) is 0 Å². The van der Waals surface area contributed by atoms with Crippen LogP contribution >= 0.6 is 11.3 Å². The van der Waals surface area contributed by atoms with E-state index >= 15 is 0 Å². The Kier molecular flexibility index (Phi) is 4.54. The van der Waals surface area contributed by atoms with Crippen LogP contribution < -0.4 is 5.32 Å². The molecule has 1 aromatic rings. The van der Waals surface area contributed by atoms with Crippen LogP contribution in [0.25, 0.3) is 0 Å². The second kappa shape index (κ2) is 6.36. The second-order valence-electron chi connectivity index (χ2n) is 6.10. The Hall–Kier alpha value is -0.410. The van der Waals surface area contributed by atoms with Crippen molar-refractivity contribution < 1.29 is 0 Å². The summed E-state index contributed by atoms with van der Waals surface area (Å²) >= 11 is 2.03. The lowest BCUT2D eigenvalue weighted by molar-refractivity contribution is 0.440. The van der Waals surface area contributed by atoms with Crippen LogP contribution in [-0.2, 0) is 6.42 Å². The quantitative estimate of drug-likeness (QED) is 0.872. The fourth-order valence-corrected chi connectivity index (χ4v) is 4.87. The molecule has 2 aliphatic carbocycles. The Morgan fingerprint density at radius 1 is 1.16 bits per heavy atom. The molecule has 19 heavy (non-hydrogen) atoms. The third-order valence-corrected chi connectivity index (χ3v) is 5.94. The van der Waals surface area contributed by atoms with Crippen LogP contribution in [0, 0.1) is 0 Å². The minimum absolute atomic E-state index is 0.596. The van der Waals surface area contributed by atoms with Gasteiger partial charge in [0.2, 0.25) is 0 Å². The van der Waals surface area contributed by atoms with Gasteiger partial charge in [0.15, 0.2) is 0 Å². The summed E-state index contributed by atoms with van der Waals surface area (Å²) in [6.07, 6.45) is 12.0. The Morgan fingerprint density at radius 2 is 2.00 bits per heavy atom. The van der Waals surface area contributed by atoms with Gasteiger partial charge in [-0.1, -0.05) is 26.2 Å². The highest BCUT2D eigenvalue weighted by Gasteiger charge is 2.27. The van der Waals surface area contributed by atoms with Crippen molar-refractivity contribution in [3.63, 3.8) is 0 Å². The number of hydrogen-bond acceptors (Lipinski definition) is 3. The molecule has 0 amide bonds. The third-order valence-electron chi connectivity index (χ3n) is 4.56. The van der Waals surface area contributed by atoms with E-state index in [1.54, 1.807) is 4.88 Å². The molecule has 0 spiro atoms. The summed E-state index contributed by atoms with van der Waals surface area (Å²) in [7, 11) is 0. The van der Waals surface area contributed by atoms with Crippen molar-refractivity contribution in [1.82, 2.24) is 10.3 Å². The maximum Gasteiger partial charge on any atom is 0.0962 e. The molecule has 3 rings (SSSR count). The molecule has 1 heterocycles. The Morgan fingerprint density at radius 3 is 2.79 bits per heavy atom. The zero-order chi connectivity index (χ0) is 13.1. The largest absolute Gasteiger partial charge is 0.309 e. The predicted molar refractivity (Wildman–Crippen MR) is 81.9 cm³/mol. The van der Waals surface area contributed by atoms with Gasteiger partial charge in [-0.2, -0.15) is 0 Å². The van der Waals surface area contributed by atoms with Gasteiger partial charge in [0.05, 0.1) is 10.7 Å². The van der Waals surface area contributed by atoms with Crippen molar-refractivity contribution in [2.24, 2.45) is 0 Å². The van der Waals surface area contributed by atoms with Gasteiger partial charge in [0, 0.05) is 16.8 Å². The fourth-order valence-electron chi connectivity index (χ4n) is 3.48. The Labute approximate surface area is 121 Å². The molecule has 1 atom stereocenters. The maximum atomic E-state index is 5.01. The zero-order valence-corrected chi connectivity index (χ0v) is 12.9. The van der Waals surface area contributed by atoms with Crippen LogP contribution in [0.5, 0.6) is 0 Å². The van der Waals surface area contributed by atoms with Gasteiger partial charge in [0.25, 0.3) is 0 Å². The first-order chi connectivity index (χ1) is 9.38. The summed E-state index contributed by atoms with van der Waals surface area (Å²) in [6, 6.07) is 0.596. The molecule has 0 aliphatic heterocycles. The molecule has 1 aromatic heterocycles. The first-order valence-electron chi connectivity index (χ1n) is 8.11. The number of rotatable bonds is 4. The van der Waals surface area contributed by atoms with E-state index in [0.29, 0.717) is 6.04 Å². The molecule has 1 saturated carbocycles. The monoisotopic (exact) mass is 278 g/mol. The molecule has 1 fully saturated rings. The van der Waals surface area contributed by atoms with Gasteiger partial charge in [-0.15, -0.1) is 11.3 Å². The highest BCUT2D eigenvalue weighted by atomic mass is 32.1. The van der Waals surface area contributed by atoms with Gasteiger partial charge in [-0.3, -0.25) is 0 Å². The van der Waals surface area contributed by atoms with E-state index in [9.17, 15) is 0 Å². The predicted octanol–water partition coefficient (Wildman–Crippen LogP) is 4.57. The maximum absolute atomic E-state index is 5.01. The van der Waals surface area contributed by atoms with E-state index in [1.807, 2.05) is 11.3 Å². The molecule has 1 N–H and O–H groups in total. The molecule has 0 aromatic carbocycles. The minimum Gasteiger partial charge on any atom is -0.309 e. The van der Waals surface area contributed by atoms with Gasteiger partial charge >= 0.3 is 0 Å². The molecular weight excluding hydrogens is 252 g/mol. The first-order valence-corrected chi connectivity index (χ1v) is 8.93. The minimum atomic E-state index is 0.596. The Balaban J connectivity index is 1.76. The molecule has 1 unspecified atom stereocenters. The average Bonchev–Trinajstić information content (AvgIpc) is 2.90. The van der Waals surface area contributed by atoms with Crippen molar-refractivity contribution in [3.8, 4) is 0 Å². The molecule has 3 heteroatoms. The van der Waals surface area contributed by atoms with Crippen molar-refractivity contribution in [1.29, 1.82) is 0 Å². The Bertz CT molecular complexity index is 407. The molecule has 106 valence electrons. The van der Waals surface area contributed by atoms with Crippen molar-refractivity contribution in [2.75, 3.05) is 6.54 Å². The van der Waals surface area contributed by atoms with Gasteiger partial charge in [-0.25, -0.2) is 4.98 Å².